The normalized spacial score (nSPS) is 24.6. The van der Waals surface area contributed by atoms with Crippen LogP contribution in [0.1, 0.15) is 181 Å². The van der Waals surface area contributed by atoms with Gasteiger partial charge in [0.25, 0.3) is 0 Å². The Morgan fingerprint density at radius 1 is 0.588 bits per heavy atom. The molecule has 12 nitrogen and oxygen atoms in total. The van der Waals surface area contributed by atoms with Gasteiger partial charge in [-0.15, -0.1) is 0 Å². The van der Waals surface area contributed by atoms with Gasteiger partial charge in [-0.2, -0.15) is 0 Å². The standard InChI is InChI=1S/C38H76NO11P/c1-3-5-7-9-11-13-15-16-18-19-21-23-25-27-31(40)30(39-32(41)28-26-24-22-20-17-14-12-10-8-6-4-2)29-49-51(47,48)50-38-36(45)34(43)33(42)35(44)37(38)46/h30-31,33-38,40,42-46H,3-29H2,1-2H3,(H,39,41)(H,47,48)/t30-,31+,33?,34+,35?,36?,37?,38?/m0/s1. The Morgan fingerprint density at radius 2 is 0.941 bits per heavy atom. The van der Waals surface area contributed by atoms with Crippen LogP contribution in [0.4, 0.5) is 0 Å². The molecule has 1 saturated carbocycles. The first-order chi connectivity index (χ1) is 24.4. The minimum atomic E-state index is -5.04. The summed E-state index contributed by atoms with van der Waals surface area (Å²) in [7, 11) is -5.04. The van der Waals surface area contributed by atoms with Crippen LogP contribution in [0.15, 0.2) is 0 Å². The molecule has 0 aromatic rings. The van der Waals surface area contributed by atoms with E-state index < -0.39 is 63.2 Å². The number of phosphoric acid groups is 1. The molecule has 0 radical (unpaired) electrons. The molecule has 6 unspecified atom stereocenters. The van der Waals surface area contributed by atoms with E-state index in [4.69, 9.17) is 9.05 Å². The van der Waals surface area contributed by atoms with Crippen molar-refractivity contribution in [1.82, 2.24) is 5.32 Å². The second-order valence-electron chi connectivity index (χ2n) is 14.8. The van der Waals surface area contributed by atoms with Crippen LogP contribution in [0, 0.1) is 0 Å². The summed E-state index contributed by atoms with van der Waals surface area (Å²) in [6.45, 7) is 3.85. The van der Waals surface area contributed by atoms with Gasteiger partial charge in [-0.25, -0.2) is 4.57 Å². The van der Waals surface area contributed by atoms with Crippen molar-refractivity contribution in [3.05, 3.63) is 0 Å². The summed E-state index contributed by atoms with van der Waals surface area (Å²) in [6, 6.07) is -1.02. The summed E-state index contributed by atoms with van der Waals surface area (Å²) >= 11 is 0. The zero-order chi connectivity index (χ0) is 37.9. The second kappa shape index (κ2) is 29.7. The number of unbranched alkanes of at least 4 members (excludes halogenated alkanes) is 22. The molecule has 0 aliphatic heterocycles. The van der Waals surface area contributed by atoms with E-state index in [1.54, 1.807) is 0 Å². The molecule has 304 valence electrons. The summed E-state index contributed by atoms with van der Waals surface area (Å²) in [6.07, 6.45) is 15.7. The molecule has 1 aliphatic rings. The monoisotopic (exact) mass is 754 g/mol. The molecule has 8 N–H and O–H groups in total. The van der Waals surface area contributed by atoms with E-state index in [1.807, 2.05) is 0 Å². The van der Waals surface area contributed by atoms with Gasteiger partial charge < -0.3 is 40.8 Å². The van der Waals surface area contributed by atoms with Gasteiger partial charge in [0.05, 0.1) is 18.8 Å². The van der Waals surface area contributed by atoms with Gasteiger partial charge in [-0.05, 0) is 12.8 Å². The number of nitrogens with one attached hydrogen (secondary N) is 1. The van der Waals surface area contributed by atoms with E-state index in [2.05, 4.69) is 19.2 Å². The van der Waals surface area contributed by atoms with Crippen LogP contribution in [-0.2, 0) is 18.4 Å². The summed E-state index contributed by atoms with van der Waals surface area (Å²) in [5.41, 5.74) is 0. The summed E-state index contributed by atoms with van der Waals surface area (Å²) in [4.78, 5) is 23.2. The van der Waals surface area contributed by atoms with Crippen molar-refractivity contribution >= 4 is 13.7 Å². The fraction of sp³-hybridized carbons (Fsp3) is 0.974. The lowest BCUT2D eigenvalue weighted by Gasteiger charge is -2.41. The Bertz CT molecular complexity index is 884. The molecule has 1 fully saturated rings. The van der Waals surface area contributed by atoms with Crippen molar-refractivity contribution in [1.29, 1.82) is 0 Å². The number of carbonyl (C=O) groups excluding carboxylic acids is 1. The van der Waals surface area contributed by atoms with Crippen LogP contribution in [0.5, 0.6) is 0 Å². The molecule has 0 aromatic heterocycles. The number of phosphoric ester groups is 1. The molecule has 1 rings (SSSR count). The topological polar surface area (TPSA) is 206 Å². The van der Waals surface area contributed by atoms with E-state index >= 15 is 0 Å². The molecule has 13 heteroatoms. The molecule has 0 saturated heterocycles. The Kier molecular flexibility index (Phi) is 28.1. The fourth-order valence-corrected chi connectivity index (χ4v) is 7.70. The number of aliphatic hydroxyl groups is 6. The lowest BCUT2D eigenvalue weighted by Crippen LogP contribution is -2.64. The van der Waals surface area contributed by atoms with E-state index in [9.17, 15) is 44.9 Å². The zero-order valence-electron chi connectivity index (χ0n) is 31.9. The maximum Gasteiger partial charge on any atom is 0.472 e. The van der Waals surface area contributed by atoms with Crippen molar-refractivity contribution in [2.45, 2.75) is 230 Å². The maximum absolute atomic E-state index is 12.9. The number of hydrogen-bond donors (Lipinski definition) is 8. The molecule has 51 heavy (non-hydrogen) atoms. The third-order valence-electron chi connectivity index (χ3n) is 10.2. The molecule has 0 spiro atoms. The molecule has 9 atom stereocenters. The second-order valence-corrected chi connectivity index (χ2v) is 16.3. The molecule has 0 bridgehead atoms. The van der Waals surface area contributed by atoms with Gasteiger partial charge in [0.15, 0.2) is 0 Å². The van der Waals surface area contributed by atoms with Gasteiger partial charge in [0, 0.05) is 6.42 Å². The summed E-state index contributed by atoms with van der Waals surface area (Å²) in [5, 5.41) is 63.8. The maximum atomic E-state index is 12.9. The number of carbonyl (C=O) groups is 1. The Labute approximate surface area is 308 Å². The summed E-state index contributed by atoms with van der Waals surface area (Å²) < 4.78 is 22.8. The lowest BCUT2D eigenvalue weighted by atomic mass is 9.85. The van der Waals surface area contributed by atoms with Crippen LogP contribution >= 0.6 is 7.82 Å². The Hall–Kier alpha value is -0.660. The van der Waals surface area contributed by atoms with Crippen molar-refractivity contribution in [2.24, 2.45) is 0 Å². The fourth-order valence-electron chi connectivity index (χ4n) is 6.73. The lowest BCUT2D eigenvalue weighted by molar-refractivity contribution is -0.220. The van der Waals surface area contributed by atoms with E-state index in [0.717, 1.165) is 38.5 Å². The van der Waals surface area contributed by atoms with Gasteiger partial charge in [0.1, 0.15) is 36.6 Å². The molecule has 1 amide bonds. The Morgan fingerprint density at radius 3 is 1.35 bits per heavy atom. The van der Waals surface area contributed by atoms with E-state index in [-0.39, 0.29) is 12.3 Å². The largest absolute Gasteiger partial charge is 0.472 e. The number of hydrogen-bond acceptors (Lipinski definition) is 10. The smallest absolute Gasteiger partial charge is 0.391 e. The zero-order valence-corrected chi connectivity index (χ0v) is 32.8. The SMILES string of the molecule is CCCCCCCCCCCCCCC[C@@H](O)[C@H](COP(=O)(O)OC1C(O)C(O)C(O)[C@@H](O)C1O)NC(=O)CCCCCCCCCCCCC. The van der Waals surface area contributed by atoms with Crippen LogP contribution in [0.2, 0.25) is 0 Å². The highest BCUT2D eigenvalue weighted by Gasteiger charge is 2.51. The van der Waals surface area contributed by atoms with Crippen LogP contribution in [0.3, 0.4) is 0 Å². The third-order valence-corrected chi connectivity index (χ3v) is 11.2. The minimum Gasteiger partial charge on any atom is -0.391 e. The van der Waals surface area contributed by atoms with Crippen molar-refractivity contribution in [3.63, 3.8) is 0 Å². The van der Waals surface area contributed by atoms with Crippen LogP contribution in [-0.4, -0.2) is 96.8 Å². The first-order valence-electron chi connectivity index (χ1n) is 20.5. The third kappa shape index (κ3) is 22.3. The van der Waals surface area contributed by atoms with Crippen LogP contribution in [0.25, 0.3) is 0 Å². The van der Waals surface area contributed by atoms with Gasteiger partial charge in [0.2, 0.25) is 5.91 Å². The Balaban J connectivity index is 2.54. The first kappa shape index (κ1) is 48.4. The minimum absolute atomic E-state index is 0.241. The number of amides is 1. The molecule has 0 aromatic carbocycles. The van der Waals surface area contributed by atoms with Crippen molar-refractivity contribution < 1.29 is 53.9 Å². The first-order valence-corrected chi connectivity index (χ1v) is 22.0. The van der Waals surface area contributed by atoms with Gasteiger partial charge in [-0.3, -0.25) is 13.8 Å². The predicted octanol–water partition coefficient (Wildman–Crippen LogP) is 6.33. The van der Waals surface area contributed by atoms with Crippen molar-refractivity contribution in [2.75, 3.05) is 6.61 Å². The highest BCUT2D eigenvalue weighted by Crippen LogP contribution is 2.47. The average Bonchev–Trinajstić information content (AvgIpc) is 3.11. The molecule has 1 aliphatic carbocycles. The van der Waals surface area contributed by atoms with Crippen LogP contribution < -0.4 is 5.32 Å². The highest BCUT2D eigenvalue weighted by molar-refractivity contribution is 7.47. The predicted molar refractivity (Wildman–Crippen MR) is 200 cm³/mol. The van der Waals surface area contributed by atoms with Gasteiger partial charge in [-0.1, -0.05) is 162 Å². The van der Waals surface area contributed by atoms with E-state index in [1.165, 1.54) is 103 Å². The number of aliphatic hydroxyl groups excluding tert-OH is 6. The van der Waals surface area contributed by atoms with Gasteiger partial charge >= 0.3 is 7.82 Å². The van der Waals surface area contributed by atoms with E-state index in [0.29, 0.717) is 19.3 Å². The average molecular weight is 754 g/mol. The molecule has 0 heterocycles. The molecular formula is C38H76NO11P. The quantitative estimate of drug-likeness (QED) is 0.0274. The number of rotatable bonds is 33. The van der Waals surface area contributed by atoms with Crippen molar-refractivity contribution in [3.8, 4) is 0 Å². The molecular weight excluding hydrogens is 677 g/mol. The highest BCUT2D eigenvalue weighted by atomic mass is 31.2. The summed E-state index contributed by atoms with van der Waals surface area (Å²) in [5.74, 6) is -0.309.